The lowest BCUT2D eigenvalue weighted by atomic mass is 9.82. The monoisotopic (exact) mass is 473 g/mol. The fourth-order valence-corrected chi connectivity index (χ4v) is 5.62. The Morgan fingerprint density at radius 1 is 0.629 bits per heavy atom. The van der Waals surface area contributed by atoms with Gasteiger partial charge >= 0.3 is 0 Å². The lowest BCUT2D eigenvalue weighted by Gasteiger charge is -2.21. The highest BCUT2D eigenvalue weighted by molar-refractivity contribution is 6.28. The minimum absolute atomic E-state index is 0.110. The second kappa shape index (κ2) is 7.24. The first kappa shape index (κ1) is 20.4. The standard InChI is InChI=1S/C30H20ClN3O/c1-30(2)22-14-5-3-10-19(22)25-20(12-8-15-23(25)30)27-32-28(34-29(31)33-27)21-13-7-11-18-17-9-4-6-16-24(17)35-26(18)21/h3-16H,1-2H3. The number of rotatable bonds is 2. The van der Waals surface area contributed by atoms with Crippen LogP contribution in [-0.4, -0.2) is 15.0 Å². The molecule has 4 aromatic carbocycles. The summed E-state index contributed by atoms with van der Waals surface area (Å²) in [7, 11) is 0. The van der Waals surface area contributed by atoms with Gasteiger partial charge in [0, 0.05) is 21.8 Å². The van der Waals surface area contributed by atoms with Crippen LogP contribution in [0.25, 0.3) is 55.8 Å². The van der Waals surface area contributed by atoms with Crippen LogP contribution in [0.2, 0.25) is 5.28 Å². The van der Waals surface area contributed by atoms with E-state index in [-0.39, 0.29) is 10.7 Å². The van der Waals surface area contributed by atoms with Crippen molar-refractivity contribution in [2.24, 2.45) is 0 Å². The van der Waals surface area contributed by atoms with E-state index >= 15 is 0 Å². The van der Waals surface area contributed by atoms with Crippen LogP contribution in [0.3, 0.4) is 0 Å². The number of hydrogen-bond donors (Lipinski definition) is 0. The summed E-state index contributed by atoms with van der Waals surface area (Å²) in [6.07, 6.45) is 0. The molecule has 0 spiro atoms. The van der Waals surface area contributed by atoms with Crippen molar-refractivity contribution in [3.63, 3.8) is 0 Å². The van der Waals surface area contributed by atoms with Gasteiger partial charge in [0.15, 0.2) is 11.6 Å². The zero-order valence-corrected chi connectivity index (χ0v) is 20.0. The quantitative estimate of drug-likeness (QED) is 0.255. The highest BCUT2D eigenvalue weighted by Crippen LogP contribution is 2.51. The molecule has 0 fully saturated rings. The van der Waals surface area contributed by atoms with E-state index in [0.717, 1.165) is 38.6 Å². The number of hydrogen-bond acceptors (Lipinski definition) is 4. The summed E-state index contributed by atoms with van der Waals surface area (Å²) < 4.78 is 6.23. The van der Waals surface area contributed by atoms with Crippen molar-refractivity contribution in [1.29, 1.82) is 0 Å². The van der Waals surface area contributed by atoms with Crippen molar-refractivity contribution in [3.05, 3.63) is 101 Å². The molecule has 1 aliphatic carbocycles. The Labute approximate surface area is 207 Å². The smallest absolute Gasteiger partial charge is 0.226 e. The largest absolute Gasteiger partial charge is 0.455 e. The van der Waals surface area contributed by atoms with Gasteiger partial charge < -0.3 is 4.42 Å². The molecule has 0 atom stereocenters. The first-order valence-corrected chi connectivity index (χ1v) is 12.0. The normalized spacial score (nSPS) is 13.8. The third-order valence-electron chi connectivity index (χ3n) is 7.10. The number of nitrogens with zero attached hydrogens (tertiary/aromatic N) is 3. The van der Waals surface area contributed by atoms with E-state index in [1.54, 1.807) is 0 Å². The maximum Gasteiger partial charge on any atom is 0.226 e. The molecule has 0 unspecified atom stereocenters. The van der Waals surface area contributed by atoms with Crippen LogP contribution in [0.4, 0.5) is 0 Å². The van der Waals surface area contributed by atoms with E-state index < -0.39 is 0 Å². The second-order valence-corrected chi connectivity index (χ2v) is 9.77. The highest BCUT2D eigenvalue weighted by atomic mass is 35.5. The summed E-state index contributed by atoms with van der Waals surface area (Å²) in [6.45, 7) is 4.52. The molecular weight excluding hydrogens is 454 g/mol. The van der Waals surface area contributed by atoms with Gasteiger partial charge in [0.25, 0.3) is 0 Å². The number of aromatic nitrogens is 3. The summed E-state index contributed by atoms with van der Waals surface area (Å²) in [6, 6.07) is 28.9. The van der Waals surface area contributed by atoms with Crippen molar-refractivity contribution in [2.45, 2.75) is 19.3 Å². The van der Waals surface area contributed by atoms with Crippen LogP contribution in [-0.2, 0) is 5.41 Å². The average molecular weight is 474 g/mol. The molecule has 168 valence electrons. The van der Waals surface area contributed by atoms with Crippen LogP contribution in [0.5, 0.6) is 0 Å². The maximum absolute atomic E-state index is 6.49. The van der Waals surface area contributed by atoms with Crippen molar-refractivity contribution >= 4 is 33.5 Å². The number of benzene rings is 4. The van der Waals surface area contributed by atoms with E-state index in [2.05, 4.69) is 78.4 Å². The Bertz CT molecular complexity index is 1800. The van der Waals surface area contributed by atoms with Gasteiger partial charge in [-0.2, -0.15) is 9.97 Å². The topological polar surface area (TPSA) is 51.8 Å². The zero-order chi connectivity index (χ0) is 23.7. The van der Waals surface area contributed by atoms with Crippen LogP contribution in [0.15, 0.2) is 89.3 Å². The van der Waals surface area contributed by atoms with Crippen LogP contribution < -0.4 is 0 Å². The van der Waals surface area contributed by atoms with E-state index in [0.29, 0.717) is 11.6 Å². The molecule has 35 heavy (non-hydrogen) atoms. The van der Waals surface area contributed by atoms with Gasteiger partial charge in [0.2, 0.25) is 5.28 Å². The number of halogens is 1. The van der Waals surface area contributed by atoms with Gasteiger partial charge in [0.05, 0.1) is 5.56 Å². The zero-order valence-electron chi connectivity index (χ0n) is 19.2. The molecule has 6 aromatic rings. The molecule has 0 aliphatic heterocycles. The Morgan fingerprint density at radius 2 is 1.26 bits per heavy atom. The maximum atomic E-state index is 6.49. The summed E-state index contributed by atoms with van der Waals surface area (Å²) >= 11 is 6.49. The first-order chi connectivity index (χ1) is 17.0. The molecule has 2 aromatic heterocycles. The molecule has 7 rings (SSSR count). The lowest BCUT2D eigenvalue weighted by molar-refractivity contribution is 0.660. The minimum atomic E-state index is -0.110. The minimum Gasteiger partial charge on any atom is -0.455 e. The van der Waals surface area contributed by atoms with Crippen LogP contribution in [0.1, 0.15) is 25.0 Å². The van der Waals surface area contributed by atoms with E-state index in [9.17, 15) is 0 Å². The number of para-hydroxylation sites is 2. The molecular formula is C30H20ClN3O. The Morgan fingerprint density at radius 3 is 2.14 bits per heavy atom. The Kier molecular flexibility index (Phi) is 4.21. The van der Waals surface area contributed by atoms with Gasteiger partial charge in [-0.25, -0.2) is 4.98 Å². The van der Waals surface area contributed by atoms with Gasteiger partial charge in [-0.3, -0.25) is 0 Å². The molecule has 5 heteroatoms. The van der Waals surface area contributed by atoms with Crippen molar-refractivity contribution in [1.82, 2.24) is 15.0 Å². The number of fused-ring (bicyclic) bond motifs is 6. The molecule has 4 nitrogen and oxygen atoms in total. The molecule has 0 saturated heterocycles. The third-order valence-corrected chi connectivity index (χ3v) is 7.27. The second-order valence-electron chi connectivity index (χ2n) is 9.43. The summed E-state index contributed by atoms with van der Waals surface area (Å²) in [5.41, 5.74) is 8.12. The summed E-state index contributed by atoms with van der Waals surface area (Å²) in [5, 5.41) is 2.23. The van der Waals surface area contributed by atoms with E-state index in [4.69, 9.17) is 21.0 Å². The fraction of sp³-hybridized carbons (Fsp3) is 0.100. The first-order valence-electron chi connectivity index (χ1n) is 11.6. The average Bonchev–Trinajstić information content (AvgIpc) is 3.37. The fourth-order valence-electron chi connectivity index (χ4n) is 5.46. The van der Waals surface area contributed by atoms with Gasteiger partial charge in [-0.05, 0) is 46.0 Å². The van der Waals surface area contributed by atoms with Crippen LogP contribution in [0, 0.1) is 0 Å². The SMILES string of the molecule is CC1(C)c2ccccc2-c2c(-c3nc(Cl)nc(-c4cccc5c4oc4ccccc45)n3)cccc21. The van der Waals surface area contributed by atoms with Crippen LogP contribution >= 0.6 is 11.6 Å². The number of furan rings is 1. The molecule has 0 saturated carbocycles. The van der Waals surface area contributed by atoms with Gasteiger partial charge in [-0.15, -0.1) is 0 Å². The molecule has 0 N–H and O–H groups in total. The van der Waals surface area contributed by atoms with E-state index in [1.165, 1.54) is 16.7 Å². The van der Waals surface area contributed by atoms with Gasteiger partial charge in [0.1, 0.15) is 11.2 Å². The van der Waals surface area contributed by atoms with Gasteiger partial charge in [-0.1, -0.05) is 86.6 Å². The predicted octanol–water partition coefficient (Wildman–Crippen LogP) is 8.06. The van der Waals surface area contributed by atoms with E-state index in [1.807, 2.05) is 30.3 Å². The molecule has 0 amide bonds. The van der Waals surface area contributed by atoms with Crippen molar-refractivity contribution < 1.29 is 4.42 Å². The molecule has 1 aliphatic rings. The molecule has 0 bridgehead atoms. The Balaban J connectivity index is 1.47. The van der Waals surface area contributed by atoms with Crippen molar-refractivity contribution in [2.75, 3.05) is 0 Å². The van der Waals surface area contributed by atoms with Crippen molar-refractivity contribution in [3.8, 4) is 33.9 Å². The third kappa shape index (κ3) is 2.90. The molecule has 0 radical (unpaired) electrons. The summed E-state index contributed by atoms with van der Waals surface area (Å²) in [5.74, 6) is 1.05. The molecule has 2 heterocycles. The Hall–Kier alpha value is -4.02. The predicted molar refractivity (Wildman–Crippen MR) is 141 cm³/mol. The summed E-state index contributed by atoms with van der Waals surface area (Å²) in [4.78, 5) is 14.0. The highest BCUT2D eigenvalue weighted by Gasteiger charge is 2.37. The lowest BCUT2D eigenvalue weighted by Crippen LogP contribution is -2.14.